The summed E-state index contributed by atoms with van der Waals surface area (Å²) in [6, 6.07) is 12.0. The van der Waals surface area contributed by atoms with Gasteiger partial charge in [-0.1, -0.05) is 49.1 Å². The second-order valence-corrected chi connectivity index (χ2v) is 9.22. The summed E-state index contributed by atoms with van der Waals surface area (Å²) in [7, 11) is 0. The van der Waals surface area contributed by atoms with E-state index in [0.29, 0.717) is 22.7 Å². The van der Waals surface area contributed by atoms with Crippen molar-refractivity contribution in [3.05, 3.63) is 64.8 Å². The largest absolute Gasteiger partial charge is 0.361 e. The molecule has 4 rings (SSSR count). The molecule has 8 heteroatoms. The van der Waals surface area contributed by atoms with Gasteiger partial charge in [-0.2, -0.15) is 0 Å². The maximum Gasteiger partial charge on any atom is 0.253 e. The molecule has 1 aromatic heterocycles. The molecule has 3 amide bonds. The van der Waals surface area contributed by atoms with Crippen LogP contribution < -0.4 is 16.0 Å². The van der Waals surface area contributed by atoms with Crippen LogP contribution in [0.5, 0.6) is 0 Å². The zero-order valence-electron chi connectivity index (χ0n) is 19.1. The highest BCUT2D eigenvalue weighted by Gasteiger charge is 2.23. The lowest BCUT2D eigenvalue weighted by Gasteiger charge is -2.23. The Kier molecular flexibility index (Phi) is 7.53. The fourth-order valence-electron chi connectivity index (χ4n) is 4.49. The lowest BCUT2D eigenvalue weighted by molar-refractivity contribution is -0.125. The van der Waals surface area contributed by atoms with Gasteiger partial charge in [0.1, 0.15) is 6.04 Å². The van der Waals surface area contributed by atoms with Crippen LogP contribution in [0.2, 0.25) is 5.02 Å². The Labute approximate surface area is 203 Å². The summed E-state index contributed by atoms with van der Waals surface area (Å²) in [5, 5.41) is 9.94. The monoisotopic (exact) mass is 480 g/mol. The molecule has 0 spiro atoms. The smallest absolute Gasteiger partial charge is 0.253 e. The number of nitrogens with one attached hydrogen (secondary N) is 4. The molecule has 2 aromatic carbocycles. The van der Waals surface area contributed by atoms with Crippen molar-refractivity contribution in [3.63, 3.8) is 0 Å². The quantitative estimate of drug-likeness (QED) is 0.398. The molecule has 1 aliphatic rings. The molecule has 178 valence electrons. The van der Waals surface area contributed by atoms with Gasteiger partial charge in [0.2, 0.25) is 11.8 Å². The number of hydrogen-bond acceptors (Lipinski definition) is 3. The van der Waals surface area contributed by atoms with E-state index in [-0.39, 0.29) is 23.8 Å². The van der Waals surface area contributed by atoms with Crippen molar-refractivity contribution >= 4 is 45.9 Å². The highest BCUT2D eigenvalue weighted by atomic mass is 35.5. The van der Waals surface area contributed by atoms with E-state index in [1.807, 2.05) is 30.5 Å². The molecule has 3 aromatic rings. The second kappa shape index (κ2) is 10.7. The van der Waals surface area contributed by atoms with E-state index in [2.05, 4.69) is 20.9 Å². The van der Waals surface area contributed by atoms with Crippen LogP contribution in [0.1, 0.15) is 54.9 Å². The van der Waals surface area contributed by atoms with Crippen LogP contribution in [-0.2, 0) is 16.0 Å². The molecule has 34 heavy (non-hydrogen) atoms. The van der Waals surface area contributed by atoms with Crippen LogP contribution in [-0.4, -0.2) is 34.8 Å². The number of hydrogen-bond donors (Lipinski definition) is 4. The van der Waals surface area contributed by atoms with Crippen LogP contribution in [0.4, 0.5) is 5.69 Å². The fourth-order valence-corrected chi connectivity index (χ4v) is 4.69. The molecule has 1 heterocycles. The van der Waals surface area contributed by atoms with E-state index in [0.717, 1.165) is 42.1 Å². The average Bonchev–Trinajstić information content (AvgIpc) is 3.23. The number of halogens is 1. The minimum atomic E-state index is -0.785. The van der Waals surface area contributed by atoms with Crippen LogP contribution in [0.15, 0.2) is 48.7 Å². The van der Waals surface area contributed by atoms with Crippen molar-refractivity contribution in [1.82, 2.24) is 15.6 Å². The molecule has 1 unspecified atom stereocenters. The van der Waals surface area contributed by atoms with E-state index in [4.69, 9.17) is 11.6 Å². The number of para-hydroxylation sites is 1. The number of benzene rings is 2. The molecule has 1 aliphatic carbocycles. The molecule has 0 radical (unpaired) electrons. The number of aromatic amines is 1. The molecule has 0 bridgehead atoms. The Morgan fingerprint density at radius 3 is 2.62 bits per heavy atom. The average molecular weight is 481 g/mol. The molecule has 1 fully saturated rings. The SMILES string of the molecule is CC(=O)NC(Cc1c[nH]c2ccccc12)C(=O)Nc1ccc(Cl)c(C(=O)NC2CCCCC2)c1. The Balaban J connectivity index is 1.49. The van der Waals surface area contributed by atoms with Crippen LogP contribution >= 0.6 is 11.6 Å². The maximum absolute atomic E-state index is 13.1. The van der Waals surface area contributed by atoms with Crippen molar-refractivity contribution in [3.8, 4) is 0 Å². The summed E-state index contributed by atoms with van der Waals surface area (Å²) in [6.45, 7) is 1.38. The summed E-state index contributed by atoms with van der Waals surface area (Å²) in [5.41, 5.74) is 2.65. The highest BCUT2D eigenvalue weighted by molar-refractivity contribution is 6.34. The van der Waals surface area contributed by atoms with E-state index in [9.17, 15) is 14.4 Å². The Morgan fingerprint density at radius 1 is 1.09 bits per heavy atom. The van der Waals surface area contributed by atoms with Crippen LogP contribution in [0.25, 0.3) is 10.9 Å². The zero-order chi connectivity index (χ0) is 24.1. The van der Waals surface area contributed by atoms with Gasteiger partial charge in [-0.25, -0.2) is 0 Å². The zero-order valence-corrected chi connectivity index (χ0v) is 19.9. The number of aromatic nitrogens is 1. The summed E-state index contributed by atoms with van der Waals surface area (Å²) in [5.74, 6) is -0.921. The molecule has 1 saturated carbocycles. The number of carbonyl (C=O) groups excluding carboxylic acids is 3. The van der Waals surface area contributed by atoms with Crippen LogP contribution in [0, 0.1) is 0 Å². The van der Waals surface area contributed by atoms with Gasteiger partial charge in [-0.15, -0.1) is 0 Å². The molecular weight excluding hydrogens is 452 g/mol. The van der Waals surface area contributed by atoms with E-state index < -0.39 is 6.04 Å². The minimum Gasteiger partial charge on any atom is -0.361 e. The third-order valence-corrected chi connectivity index (χ3v) is 6.54. The van der Waals surface area contributed by atoms with Gasteiger partial charge in [-0.05, 0) is 42.7 Å². The lowest BCUT2D eigenvalue weighted by atomic mass is 9.95. The van der Waals surface area contributed by atoms with Crippen molar-refractivity contribution < 1.29 is 14.4 Å². The van der Waals surface area contributed by atoms with Crippen molar-refractivity contribution in [2.24, 2.45) is 0 Å². The van der Waals surface area contributed by atoms with Gasteiger partial charge in [0.25, 0.3) is 5.91 Å². The normalized spacial score (nSPS) is 15.0. The molecule has 0 aliphatic heterocycles. The van der Waals surface area contributed by atoms with Crippen LogP contribution in [0.3, 0.4) is 0 Å². The number of H-pyrrole nitrogens is 1. The minimum absolute atomic E-state index is 0.149. The Hall–Kier alpha value is -3.32. The number of fused-ring (bicyclic) bond motifs is 1. The van der Waals surface area contributed by atoms with Crippen molar-refractivity contribution in [1.29, 1.82) is 0 Å². The summed E-state index contributed by atoms with van der Waals surface area (Å²) in [4.78, 5) is 40.9. The topological polar surface area (TPSA) is 103 Å². The summed E-state index contributed by atoms with van der Waals surface area (Å²) < 4.78 is 0. The first-order valence-corrected chi connectivity index (χ1v) is 12.0. The third-order valence-electron chi connectivity index (χ3n) is 6.21. The van der Waals surface area contributed by atoms with Gasteiger partial charge < -0.3 is 20.9 Å². The Morgan fingerprint density at radius 2 is 1.85 bits per heavy atom. The molecule has 1 atom stereocenters. The lowest BCUT2D eigenvalue weighted by Crippen LogP contribution is -2.44. The standard InChI is InChI=1S/C26H29ClN4O3/c1-16(32)29-24(13-17-15-28-23-10-6-5-9-20(17)23)26(34)31-19-11-12-22(27)21(14-19)25(33)30-18-7-3-2-4-8-18/h5-6,9-12,14-15,18,24,28H,2-4,7-8,13H2,1H3,(H,29,32)(H,30,33)(H,31,34). The van der Waals surface area contributed by atoms with Crippen molar-refractivity contribution in [2.75, 3.05) is 5.32 Å². The van der Waals surface area contributed by atoms with E-state index >= 15 is 0 Å². The molecular formula is C26H29ClN4O3. The molecule has 0 saturated heterocycles. The molecule has 4 N–H and O–H groups in total. The first kappa shape index (κ1) is 23.8. The van der Waals surface area contributed by atoms with E-state index in [1.165, 1.54) is 13.3 Å². The number of rotatable bonds is 7. The fraction of sp³-hybridized carbons (Fsp3) is 0.346. The maximum atomic E-state index is 13.1. The van der Waals surface area contributed by atoms with Gasteiger partial charge >= 0.3 is 0 Å². The molecule has 7 nitrogen and oxygen atoms in total. The Bertz CT molecular complexity index is 1200. The van der Waals surface area contributed by atoms with Gasteiger partial charge in [0, 0.05) is 42.2 Å². The third kappa shape index (κ3) is 5.78. The van der Waals surface area contributed by atoms with E-state index in [1.54, 1.807) is 18.2 Å². The first-order chi connectivity index (χ1) is 16.4. The summed E-state index contributed by atoms with van der Waals surface area (Å²) in [6.07, 6.45) is 7.51. The first-order valence-electron chi connectivity index (χ1n) is 11.6. The predicted molar refractivity (Wildman–Crippen MR) is 134 cm³/mol. The second-order valence-electron chi connectivity index (χ2n) is 8.81. The van der Waals surface area contributed by atoms with Gasteiger partial charge in [0.15, 0.2) is 0 Å². The number of carbonyl (C=O) groups is 3. The predicted octanol–water partition coefficient (Wildman–Crippen LogP) is 4.57. The number of amides is 3. The van der Waals surface area contributed by atoms with Gasteiger partial charge in [0.05, 0.1) is 10.6 Å². The number of anilines is 1. The van der Waals surface area contributed by atoms with Crippen molar-refractivity contribution in [2.45, 2.75) is 57.5 Å². The summed E-state index contributed by atoms with van der Waals surface area (Å²) >= 11 is 6.29. The highest BCUT2D eigenvalue weighted by Crippen LogP contribution is 2.24. The van der Waals surface area contributed by atoms with Gasteiger partial charge in [-0.3, -0.25) is 14.4 Å².